The molecule has 0 aliphatic heterocycles. The number of ether oxygens (including phenoxy) is 1. The van der Waals surface area contributed by atoms with E-state index >= 15 is 0 Å². The summed E-state index contributed by atoms with van der Waals surface area (Å²) in [4.78, 5) is 0. The molecule has 104 valence electrons. The first-order chi connectivity index (χ1) is 9.24. The molecule has 0 bridgehead atoms. The number of halogens is 1. The van der Waals surface area contributed by atoms with Crippen LogP contribution in [0.2, 0.25) is 0 Å². The van der Waals surface area contributed by atoms with E-state index in [9.17, 15) is 4.39 Å². The predicted octanol–water partition coefficient (Wildman–Crippen LogP) is 3.01. The Bertz CT molecular complexity index is 452. The van der Waals surface area contributed by atoms with Crippen LogP contribution in [0.5, 0.6) is 5.75 Å². The van der Waals surface area contributed by atoms with Crippen molar-refractivity contribution in [3.63, 3.8) is 0 Å². The molecule has 0 saturated heterocycles. The fourth-order valence-electron chi connectivity index (χ4n) is 4.00. The van der Waals surface area contributed by atoms with Gasteiger partial charge >= 0.3 is 0 Å². The first-order valence-corrected chi connectivity index (χ1v) is 7.24. The van der Waals surface area contributed by atoms with E-state index in [1.54, 1.807) is 12.1 Å². The largest absolute Gasteiger partial charge is 0.494 e. The van der Waals surface area contributed by atoms with Crippen molar-refractivity contribution < 1.29 is 9.13 Å². The van der Waals surface area contributed by atoms with Gasteiger partial charge in [0.1, 0.15) is 0 Å². The quantitative estimate of drug-likeness (QED) is 0.881. The second-order valence-corrected chi connectivity index (χ2v) is 5.90. The highest BCUT2D eigenvalue weighted by Gasteiger charge is 2.55. The molecule has 2 saturated carbocycles. The molecule has 0 heterocycles. The summed E-state index contributed by atoms with van der Waals surface area (Å²) in [7, 11) is 3.53. The minimum Gasteiger partial charge on any atom is -0.494 e. The molecule has 19 heavy (non-hydrogen) atoms. The minimum atomic E-state index is -0.258. The molecule has 2 nitrogen and oxygen atoms in total. The van der Waals surface area contributed by atoms with E-state index in [2.05, 4.69) is 5.32 Å². The van der Waals surface area contributed by atoms with E-state index < -0.39 is 0 Å². The number of hydrogen-bond acceptors (Lipinski definition) is 2. The summed E-state index contributed by atoms with van der Waals surface area (Å²) in [6.07, 6.45) is 5.10. The molecule has 3 heteroatoms. The van der Waals surface area contributed by atoms with Gasteiger partial charge in [0.25, 0.3) is 0 Å². The highest BCUT2D eigenvalue weighted by molar-refractivity contribution is 5.30. The molecule has 1 N–H and O–H groups in total. The van der Waals surface area contributed by atoms with Crippen molar-refractivity contribution in [2.45, 2.75) is 31.7 Å². The summed E-state index contributed by atoms with van der Waals surface area (Å²) in [6.45, 7) is 0. The van der Waals surface area contributed by atoms with E-state index in [0.29, 0.717) is 11.8 Å². The van der Waals surface area contributed by atoms with Crippen LogP contribution in [0.15, 0.2) is 18.2 Å². The lowest BCUT2D eigenvalue weighted by Crippen LogP contribution is -2.31. The lowest BCUT2D eigenvalue weighted by atomic mass is 9.97. The van der Waals surface area contributed by atoms with Gasteiger partial charge in [0.15, 0.2) is 11.6 Å². The zero-order valence-electron chi connectivity index (χ0n) is 11.7. The van der Waals surface area contributed by atoms with Gasteiger partial charge in [0.05, 0.1) is 7.11 Å². The summed E-state index contributed by atoms with van der Waals surface area (Å²) >= 11 is 0. The zero-order valence-corrected chi connectivity index (χ0v) is 11.7. The third-order valence-electron chi connectivity index (χ3n) is 4.98. The second kappa shape index (κ2) is 5.12. The Hall–Kier alpha value is -1.09. The fraction of sp³-hybridized carbons (Fsp3) is 0.625. The van der Waals surface area contributed by atoms with Gasteiger partial charge in [-0.3, -0.25) is 0 Å². The molecule has 2 aliphatic rings. The average molecular weight is 263 g/mol. The Morgan fingerprint density at radius 2 is 2.11 bits per heavy atom. The van der Waals surface area contributed by atoms with Crippen LogP contribution in [0.25, 0.3) is 0 Å². The lowest BCUT2D eigenvalue weighted by molar-refractivity contribution is 0.385. The Balaban J connectivity index is 1.68. The van der Waals surface area contributed by atoms with E-state index in [4.69, 9.17) is 4.74 Å². The van der Waals surface area contributed by atoms with Crippen LogP contribution >= 0.6 is 0 Å². The Labute approximate surface area is 114 Å². The molecule has 0 amide bonds. The van der Waals surface area contributed by atoms with Crippen LogP contribution in [0.1, 0.15) is 24.8 Å². The van der Waals surface area contributed by atoms with Gasteiger partial charge in [-0.15, -0.1) is 0 Å². The molecular formula is C16H22FNO. The number of likely N-dealkylation sites (N-methyl/N-ethyl adjacent to an activating group) is 1. The maximum atomic E-state index is 13.7. The third kappa shape index (κ3) is 2.36. The third-order valence-corrected chi connectivity index (χ3v) is 4.98. The van der Waals surface area contributed by atoms with Gasteiger partial charge in [-0.1, -0.05) is 12.5 Å². The van der Waals surface area contributed by atoms with Crippen molar-refractivity contribution in [2.24, 2.45) is 17.8 Å². The molecular weight excluding hydrogens is 241 g/mol. The Morgan fingerprint density at radius 1 is 1.37 bits per heavy atom. The second-order valence-electron chi connectivity index (χ2n) is 5.90. The lowest BCUT2D eigenvalue weighted by Gasteiger charge is -2.18. The molecule has 2 fully saturated rings. The first-order valence-electron chi connectivity index (χ1n) is 7.24. The fourth-order valence-corrected chi connectivity index (χ4v) is 4.00. The molecule has 3 rings (SSSR count). The molecule has 0 aromatic heterocycles. The number of methoxy groups -OCH3 is 1. The summed E-state index contributed by atoms with van der Waals surface area (Å²) in [5.74, 6) is 2.74. The van der Waals surface area contributed by atoms with Gasteiger partial charge in [-0.05, 0) is 61.8 Å². The van der Waals surface area contributed by atoms with Crippen molar-refractivity contribution in [1.29, 1.82) is 0 Å². The Kier molecular flexibility index (Phi) is 3.48. The van der Waals surface area contributed by atoms with E-state index in [0.717, 1.165) is 29.7 Å². The van der Waals surface area contributed by atoms with Crippen molar-refractivity contribution >= 4 is 0 Å². The topological polar surface area (TPSA) is 21.3 Å². The van der Waals surface area contributed by atoms with Gasteiger partial charge in [-0.25, -0.2) is 4.39 Å². The summed E-state index contributed by atoms with van der Waals surface area (Å²) in [5.41, 5.74) is 1.06. The van der Waals surface area contributed by atoms with Crippen LogP contribution < -0.4 is 10.1 Å². The standard InChI is InChI=1S/C16H22FNO/c1-18-14(16-11-4-3-5-12(11)16)9-10-6-7-15(19-2)13(17)8-10/h6-8,11-12,14,16,18H,3-5,9H2,1-2H3. The van der Waals surface area contributed by atoms with Crippen LogP contribution in [0, 0.1) is 23.6 Å². The number of nitrogens with one attached hydrogen (secondary N) is 1. The van der Waals surface area contributed by atoms with Crippen molar-refractivity contribution in [3.8, 4) is 5.75 Å². The molecule has 1 aromatic carbocycles. The van der Waals surface area contributed by atoms with Crippen molar-refractivity contribution in [2.75, 3.05) is 14.2 Å². The van der Waals surface area contributed by atoms with Crippen LogP contribution in [0.4, 0.5) is 4.39 Å². The summed E-state index contributed by atoms with van der Waals surface area (Å²) in [5, 5.41) is 3.44. The van der Waals surface area contributed by atoms with Gasteiger partial charge in [0.2, 0.25) is 0 Å². The molecule has 2 aliphatic carbocycles. The van der Waals surface area contributed by atoms with Gasteiger partial charge < -0.3 is 10.1 Å². The van der Waals surface area contributed by atoms with Gasteiger partial charge in [0, 0.05) is 6.04 Å². The smallest absolute Gasteiger partial charge is 0.165 e. The highest BCUT2D eigenvalue weighted by atomic mass is 19.1. The number of rotatable bonds is 5. The highest BCUT2D eigenvalue weighted by Crippen LogP contribution is 2.59. The van der Waals surface area contributed by atoms with Crippen molar-refractivity contribution in [1.82, 2.24) is 5.32 Å². The monoisotopic (exact) mass is 263 g/mol. The molecule has 1 aromatic rings. The molecule has 3 atom stereocenters. The van der Waals surface area contributed by atoms with E-state index in [1.165, 1.54) is 26.4 Å². The zero-order chi connectivity index (χ0) is 13.4. The van der Waals surface area contributed by atoms with Crippen LogP contribution in [-0.2, 0) is 6.42 Å². The summed E-state index contributed by atoms with van der Waals surface area (Å²) < 4.78 is 18.7. The first kappa shape index (κ1) is 12.9. The van der Waals surface area contributed by atoms with E-state index in [1.807, 2.05) is 13.1 Å². The van der Waals surface area contributed by atoms with Gasteiger partial charge in [-0.2, -0.15) is 0 Å². The summed E-state index contributed by atoms with van der Waals surface area (Å²) in [6, 6.07) is 5.81. The van der Waals surface area contributed by atoms with E-state index in [-0.39, 0.29) is 5.82 Å². The minimum absolute atomic E-state index is 0.258. The Morgan fingerprint density at radius 3 is 2.68 bits per heavy atom. The average Bonchev–Trinajstić information content (AvgIpc) is 2.88. The number of benzene rings is 1. The van der Waals surface area contributed by atoms with Crippen LogP contribution in [0.3, 0.4) is 0 Å². The maximum absolute atomic E-state index is 13.7. The molecule has 0 radical (unpaired) electrons. The normalized spacial score (nSPS) is 29.9. The molecule has 0 spiro atoms. The predicted molar refractivity (Wildman–Crippen MR) is 73.8 cm³/mol. The number of fused-ring (bicyclic) bond motifs is 1. The maximum Gasteiger partial charge on any atom is 0.165 e. The SMILES string of the molecule is CNC(Cc1ccc(OC)c(F)c1)C1C2CCCC21. The number of hydrogen-bond donors (Lipinski definition) is 1. The van der Waals surface area contributed by atoms with Crippen LogP contribution in [-0.4, -0.2) is 20.2 Å². The molecule has 3 unspecified atom stereocenters. The van der Waals surface area contributed by atoms with Crippen molar-refractivity contribution in [3.05, 3.63) is 29.6 Å².